The SMILES string of the molecule is Fc1ccc(-c2ccccc2F)c(Cl)c1. The van der Waals surface area contributed by atoms with E-state index in [1.807, 2.05) is 0 Å². The minimum atomic E-state index is -0.430. The summed E-state index contributed by atoms with van der Waals surface area (Å²) >= 11 is 5.83. The zero-order valence-electron chi connectivity index (χ0n) is 7.68. The van der Waals surface area contributed by atoms with Gasteiger partial charge >= 0.3 is 0 Å². The Morgan fingerprint density at radius 3 is 2.27 bits per heavy atom. The molecule has 76 valence electrons. The summed E-state index contributed by atoms with van der Waals surface area (Å²) < 4.78 is 26.2. The van der Waals surface area contributed by atoms with Crippen LogP contribution in [0.3, 0.4) is 0 Å². The van der Waals surface area contributed by atoms with E-state index >= 15 is 0 Å². The van der Waals surface area contributed by atoms with E-state index in [4.69, 9.17) is 11.6 Å². The van der Waals surface area contributed by atoms with Gasteiger partial charge < -0.3 is 0 Å². The van der Waals surface area contributed by atoms with Crippen molar-refractivity contribution < 1.29 is 8.78 Å². The minimum Gasteiger partial charge on any atom is -0.207 e. The van der Waals surface area contributed by atoms with Crippen LogP contribution in [0.2, 0.25) is 5.02 Å². The van der Waals surface area contributed by atoms with Crippen molar-refractivity contribution in [2.24, 2.45) is 0 Å². The van der Waals surface area contributed by atoms with Gasteiger partial charge in [0.15, 0.2) is 0 Å². The quantitative estimate of drug-likeness (QED) is 0.678. The van der Waals surface area contributed by atoms with Gasteiger partial charge in [-0.1, -0.05) is 29.8 Å². The summed E-state index contributed by atoms with van der Waals surface area (Å²) in [6.45, 7) is 0. The van der Waals surface area contributed by atoms with Gasteiger partial charge in [-0.25, -0.2) is 8.78 Å². The van der Waals surface area contributed by atoms with Gasteiger partial charge in [0.05, 0.1) is 5.02 Å². The molecule has 0 aliphatic heterocycles. The number of hydrogen-bond donors (Lipinski definition) is 0. The molecule has 2 aromatic carbocycles. The fourth-order valence-electron chi connectivity index (χ4n) is 1.39. The summed E-state index contributed by atoms with van der Waals surface area (Å²) in [5.41, 5.74) is 0.874. The third-order valence-corrected chi connectivity index (χ3v) is 2.41. The molecule has 0 bridgehead atoms. The van der Waals surface area contributed by atoms with Crippen molar-refractivity contribution in [2.75, 3.05) is 0 Å². The van der Waals surface area contributed by atoms with Crippen LogP contribution in [0.5, 0.6) is 0 Å². The average Bonchev–Trinajstić information content (AvgIpc) is 2.20. The molecule has 0 spiro atoms. The Bertz CT molecular complexity index is 495. The zero-order valence-corrected chi connectivity index (χ0v) is 8.43. The predicted molar refractivity (Wildman–Crippen MR) is 56.8 cm³/mol. The fraction of sp³-hybridized carbons (Fsp3) is 0. The highest BCUT2D eigenvalue weighted by atomic mass is 35.5. The number of halogens is 3. The van der Waals surface area contributed by atoms with Crippen molar-refractivity contribution in [2.45, 2.75) is 0 Å². The van der Waals surface area contributed by atoms with Gasteiger partial charge in [0.25, 0.3) is 0 Å². The molecule has 0 saturated carbocycles. The van der Waals surface area contributed by atoms with Crippen LogP contribution < -0.4 is 0 Å². The minimum absolute atomic E-state index is 0.208. The molecular formula is C12H7ClF2. The lowest BCUT2D eigenvalue weighted by molar-refractivity contribution is 0.626. The second-order valence-corrected chi connectivity index (χ2v) is 3.51. The Labute approximate surface area is 91.1 Å². The van der Waals surface area contributed by atoms with E-state index < -0.39 is 5.82 Å². The van der Waals surface area contributed by atoms with Gasteiger partial charge in [-0.05, 0) is 24.3 Å². The molecule has 0 amide bonds. The van der Waals surface area contributed by atoms with Gasteiger partial charge in [-0.15, -0.1) is 0 Å². The molecule has 0 atom stereocenters. The molecule has 0 aromatic heterocycles. The largest absolute Gasteiger partial charge is 0.207 e. The molecule has 0 fully saturated rings. The number of hydrogen-bond acceptors (Lipinski definition) is 0. The van der Waals surface area contributed by atoms with Crippen LogP contribution in [0, 0.1) is 11.6 Å². The summed E-state index contributed by atoms with van der Waals surface area (Å²) in [6, 6.07) is 10.1. The lowest BCUT2D eigenvalue weighted by Gasteiger charge is -2.05. The third-order valence-electron chi connectivity index (χ3n) is 2.10. The van der Waals surface area contributed by atoms with Crippen LogP contribution in [0.1, 0.15) is 0 Å². The Morgan fingerprint density at radius 1 is 0.867 bits per heavy atom. The van der Waals surface area contributed by atoms with Gasteiger partial charge in [-0.3, -0.25) is 0 Å². The molecule has 0 N–H and O–H groups in total. The maximum absolute atomic E-state index is 13.4. The van der Waals surface area contributed by atoms with Crippen LogP contribution in [0.15, 0.2) is 42.5 Å². The van der Waals surface area contributed by atoms with Crippen molar-refractivity contribution in [3.8, 4) is 11.1 Å². The van der Waals surface area contributed by atoms with E-state index in [-0.39, 0.29) is 10.8 Å². The molecule has 0 unspecified atom stereocenters. The monoisotopic (exact) mass is 224 g/mol. The van der Waals surface area contributed by atoms with E-state index in [9.17, 15) is 8.78 Å². The molecule has 0 saturated heterocycles. The summed E-state index contributed by atoms with van der Waals surface area (Å²) in [6.07, 6.45) is 0. The molecule has 2 aromatic rings. The average molecular weight is 225 g/mol. The molecule has 0 radical (unpaired) electrons. The van der Waals surface area contributed by atoms with Gasteiger partial charge in [0, 0.05) is 11.1 Å². The molecule has 3 heteroatoms. The highest BCUT2D eigenvalue weighted by Gasteiger charge is 2.08. The molecular weight excluding hydrogens is 218 g/mol. The van der Waals surface area contributed by atoms with Crippen molar-refractivity contribution >= 4 is 11.6 Å². The van der Waals surface area contributed by atoms with Crippen LogP contribution in [-0.4, -0.2) is 0 Å². The first-order valence-corrected chi connectivity index (χ1v) is 4.76. The zero-order chi connectivity index (χ0) is 10.8. The van der Waals surface area contributed by atoms with Crippen molar-refractivity contribution in [3.63, 3.8) is 0 Å². The molecule has 0 nitrogen and oxygen atoms in total. The van der Waals surface area contributed by atoms with Crippen molar-refractivity contribution in [1.82, 2.24) is 0 Å². The summed E-state index contributed by atoms with van der Waals surface area (Å²) in [7, 11) is 0. The van der Waals surface area contributed by atoms with E-state index in [1.54, 1.807) is 18.2 Å². The maximum Gasteiger partial charge on any atom is 0.131 e. The normalized spacial score (nSPS) is 10.3. The van der Waals surface area contributed by atoms with E-state index in [0.29, 0.717) is 11.1 Å². The summed E-state index contributed by atoms with van der Waals surface area (Å²) in [4.78, 5) is 0. The Kier molecular flexibility index (Phi) is 2.69. The topological polar surface area (TPSA) is 0 Å². The first-order chi connectivity index (χ1) is 7.18. The molecule has 0 aliphatic carbocycles. The number of benzene rings is 2. The third kappa shape index (κ3) is 2.00. The van der Waals surface area contributed by atoms with Crippen LogP contribution in [0.25, 0.3) is 11.1 Å². The Hall–Kier alpha value is -1.41. The molecule has 2 rings (SSSR count). The van der Waals surface area contributed by atoms with Crippen molar-refractivity contribution in [1.29, 1.82) is 0 Å². The lowest BCUT2D eigenvalue weighted by atomic mass is 10.1. The standard InChI is InChI=1S/C12H7ClF2/c13-11-7-8(14)5-6-9(11)10-3-1-2-4-12(10)15/h1-7H. The van der Waals surface area contributed by atoms with E-state index in [1.165, 1.54) is 24.3 Å². The van der Waals surface area contributed by atoms with E-state index in [0.717, 1.165) is 0 Å². The maximum atomic E-state index is 13.4. The molecule has 0 aliphatic rings. The first-order valence-electron chi connectivity index (χ1n) is 4.38. The smallest absolute Gasteiger partial charge is 0.131 e. The fourth-order valence-corrected chi connectivity index (χ4v) is 1.66. The highest BCUT2D eigenvalue weighted by Crippen LogP contribution is 2.29. The Morgan fingerprint density at radius 2 is 1.60 bits per heavy atom. The van der Waals surface area contributed by atoms with Gasteiger partial charge in [0.1, 0.15) is 11.6 Å². The van der Waals surface area contributed by atoms with Crippen LogP contribution in [-0.2, 0) is 0 Å². The number of rotatable bonds is 1. The molecule has 0 heterocycles. The lowest BCUT2D eigenvalue weighted by Crippen LogP contribution is -1.85. The van der Waals surface area contributed by atoms with Crippen LogP contribution >= 0.6 is 11.6 Å². The second-order valence-electron chi connectivity index (χ2n) is 3.10. The summed E-state index contributed by atoms with van der Waals surface area (Å²) in [5.74, 6) is -0.800. The van der Waals surface area contributed by atoms with E-state index in [2.05, 4.69) is 0 Å². The second kappa shape index (κ2) is 3.99. The molecule has 15 heavy (non-hydrogen) atoms. The van der Waals surface area contributed by atoms with Gasteiger partial charge in [0.2, 0.25) is 0 Å². The van der Waals surface area contributed by atoms with Crippen molar-refractivity contribution in [3.05, 3.63) is 59.1 Å². The highest BCUT2D eigenvalue weighted by molar-refractivity contribution is 6.33. The van der Waals surface area contributed by atoms with Gasteiger partial charge in [-0.2, -0.15) is 0 Å². The van der Waals surface area contributed by atoms with Crippen LogP contribution in [0.4, 0.5) is 8.78 Å². The first kappa shape index (κ1) is 10.1. The predicted octanol–water partition coefficient (Wildman–Crippen LogP) is 4.29. The summed E-state index contributed by atoms with van der Waals surface area (Å²) in [5, 5.41) is 0.208. The Balaban J connectivity index is 2.60.